The van der Waals surface area contributed by atoms with E-state index in [0.717, 1.165) is 16.4 Å². The molecule has 1 aliphatic rings. The Labute approximate surface area is 271 Å². The molecule has 1 fully saturated rings. The highest BCUT2D eigenvalue weighted by atomic mass is 32.2. The third kappa shape index (κ3) is 7.13. The number of ketones is 1. The lowest BCUT2D eigenvalue weighted by atomic mass is 9.88. The Morgan fingerprint density at radius 2 is 1.77 bits per heavy atom. The number of H-pyrrole nitrogens is 1. The van der Waals surface area contributed by atoms with Crippen LogP contribution in [0.15, 0.2) is 48.8 Å². The van der Waals surface area contributed by atoms with Crippen molar-refractivity contribution in [3.63, 3.8) is 0 Å². The van der Waals surface area contributed by atoms with Gasteiger partial charge in [-0.05, 0) is 74.9 Å². The molecule has 0 unspecified atom stereocenters. The second kappa shape index (κ2) is 13.0. The van der Waals surface area contributed by atoms with E-state index < -0.39 is 50.3 Å². The summed E-state index contributed by atoms with van der Waals surface area (Å²) in [7, 11) is -2.87. The topological polar surface area (TPSA) is 125 Å². The van der Waals surface area contributed by atoms with Crippen molar-refractivity contribution >= 4 is 38.8 Å². The van der Waals surface area contributed by atoms with E-state index in [2.05, 4.69) is 9.97 Å². The molecule has 0 saturated carbocycles. The third-order valence-corrected chi connectivity index (χ3v) is 9.67. The van der Waals surface area contributed by atoms with Crippen LogP contribution in [-0.4, -0.2) is 71.8 Å². The van der Waals surface area contributed by atoms with Crippen LogP contribution in [0.1, 0.15) is 67.9 Å². The van der Waals surface area contributed by atoms with Crippen molar-refractivity contribution in [2.75, 3.05) is 31.4 Å². The Balaban J connectivity index is 1.39. The first kappa shape index (κ1) is 33.9. The Kier molecular flexibility index (Phi) is 9.38. The van der Waals surface area contributed by atoms with E-state index >= 15 is 8.78 Å². The Morgan fingerprint density at radius 3 is 2.40 bits per heavy atom. The maximum atomic E-state index is 15.5. The molecule has 10 nitrogen and oxygen atoms in total. The van der Waals surface area contributed by atoms with E-state index in [-0.39, 0.29) is 35.2 Å². The van der Waals surface area contributed by atoms with Crippen molar-refractivity contribution in [2.45, 2.75) is 52.1 Å². The maximum absolute atomic E-state index is 15.5. The Morgan fingerprint density at radius 1 is 1.06 bits per heavy atom. The predicted octanol–water partition coefficient (Wildman–Crippen LogP) is 6.60. The van der Waals surface area contributed by atoms with Gasteiger partial charge in [-0.3, -0.25) is 9.52 Å². The number of carbonyl (C=O) groups is 2. The molecule has 1 aliphatic heterocycles. The second-order valence-corrected chi connectivity index (χ2v) is 14.2. The SMILES string of the molecule is CCN(C)S(=O)(=O)Nc1ccc(F)c(C(=O)c2c[nH]c3ncc(-c4ccc(C5CCN(C(=O)OC(C)(C)C)CC5)c(F)c4)cc23)c1F. The van der Waals surface area contributed by atoms with Crippen LogP contribution in [0.25, 0.3) is 22.2 Å². The van der Waals surface area contributed by atoms with Crippen molar-refractivity contribution < 1.29 is 35.9 Å². The number of carbonyl (C=O) groups excluding carboxylic acids is 2. The number of hydrogen-bond acceptors (Lipinski definition) is 6. The lowest BCUT2D eigenvalue weighted by Crippen LogP contribution is -2.41. The Hall–Kier alpha value is -4.43. The van der Waals surface area contributed by atoms with Gasteiger partial charge in [-0.1, -0.05) is 19.1 Å². The first-order valence-corrected chi connectivity index (χ1v) is 16.5. The van der Waals surface area contributed by atoms with Crippen LogP contribution in [0.3, 0.4) is 0 Å². The van der Waals surface area contributed by atoms with Gasteiger partial charge in [0.1, 0.15) is 22.9 Å². The third-order valence-electron chi connectivity index (χ3n) is 8.11. The van der Waals surface area contributed by atoms with Crippen LogP contribution < -0.4 is 4.72 Å². The van der Waals surface area contributed by atoms with E-state index in [9.17, 15) is 22.4 Å². The molecule has 5 rings (SSSR count). The molecule has 250 valence electrons. The van der Waals surface area contributed by atoms with Gasteiger partial charge < -0.3 is 14.6 Å². The fourth-order valence-electron chi connectivity index (χ4n) is 5.45. The molecule has 2 N–H and O–H groups in total. The number of ether oxygens (including phenoxy) is 1. The standard InChI is InChI=1S/C33H36F3N5O5S/c1-6-40(5)47(44,45)39-27-10-9-25(34)28(29(27)36)30(42)24-18-38-31-23(24)15-21(17-37-31)20-7-8-22(26(35)16-20)19-11-13-41(14-12-19)32(43)46-33(2,3)4/h7-10,15-19,39H,6,11-14H2,1-5H3,(H,37,38). The van der Waals surface area contributed by atoms with Crippen molar-refractivity contribution in [2.24, 2.45) is 0 Å². The smallest absolute Gasteiger partial charge is 0.410 e. The molecule has 2 aromatic heterocycles. The summed E-state index contributed by atoms with van der Waals surface area (Å²) in [4.78, 5) is 34.7. The maximum Gasteiger partial charge on any atom is 0.410 e. The molecule has 1 amide bonds. The lowest BCUT2D eigenvalue weighted by Gasteiger charge is -2.33. The zero-order valence-electron chi connectivity index (χ0n) is 26.7. The van der Waals surface area contributed by atoms with Crippen molar-refractivity contribution in [3.8, 4) is 11.1 Å². The summed E-state index contributed by atoms with van der Waals surface area (Å²) in [6, 6.07) is 8.08. The summed E-state index contributed by atoms with van der Waals surface area (Å²) < 4.78 is 79.2. The van der Waals surface area contributed by atoms with Crippen LogP contribution in [0.5, 0.6) is 0 Å². The van der Waals surface area contributed by atoms with Crippen LogP contribution in [-0.2, 0) is 14.9 Å². The molecular weight excluding hydrogens is 635 g/mol. The minimum absolute atomic E-state index is 0.0929. The number of likely N-dealkylation sites (tertiary alicyclic amines) is 1. The van der Waals surface area contributed by atoms with Crippen molar-refractivity contribution in [3.05, 3.63) is 82.9 Å². The molecular formula is C33H36F3N5O5S. The minimum Gasteiger partial charge on any atom is -0.444 e. The van der Waals surface area contributed by atoms with Gasteiger partial charge in [0.15, 0.2) is 5.82 Å². The fourth-order valence-corrected chi connectivity index (χ4v) is 6.38. The lowest BCUT2D eigenvalue weighted by molar-refractivity contribution is 0.0204. The predicted molar refractivity (Wildman–Crippen MR) is 172 cm³/mol. The quantitative estimate of drug-likeness (QED) is 0.204. The van der Waals surface area contributed by atoms with Crippen LogP contribution in [0.4, 0.5) is 23.7 Å². The number of benzene rings is 2. The molecule has 0 aliphatic carbocycles. The van der Waals surface area contributed by atoms with Crippen molar-refractivity contribution in [1.82, 2.24) is 19.2 Å². The summed E-state index contributed by atoms with van der Waals surface area (Å²) in [5, 5.41) is 0.238. The molecule has 0 spiro atoms. The summed E-state index contributed by atoms with van der Waals surface area (Å²) in [5.74, 6) is -4.09. The molecule has 0 bridgehead atoms. The van der Waals surface area contributed by atoms with Crippen LogP contribution in [0.2, 0.25) is 0 Å². The van der Waals surface area contributed by atoms with E-state index in [1.165, 1.54) is 25.5 Å². The number of rotatable bonds is 8. The van der Waals surface area contributed by atoms with E-state index in [1.807, 2.05) is 4.72 Å². The highest BCUT2D eigenvalue weighted by Crippen LogP contribution is 2.34. The largest absolute Gasteiger partial charge is 0.444 e. The zero-order valence-corrected chi connectivity index (χ0v) is 27.5. The van der Waals surface area contributed by atoms with Gasteiger partial charge in [0.25, 0.3) is 0 Å². The zero-order chi connectivity index (χ0) is 34.3. The highest BCUT2D eigenvalue weighted by molar-refractivity contribution is 7.90. The van der Waals surface area contributed by atoms with Gasteiger partial charge in [0, 0.05) is 55.6 Å². The van der Waals surface area contributed by atoms with E-state index in [4.69, 9.17) is 4.74 Å². The highest BCUT2D eigenvalue weighted by Gasteiger charge is 2.30. The van der Waals surface area contributed by atoms with Crippen LogP contribution >= 0.6 is 0 Å². The summed E-state index contributed by atoms with van der Waals surface area (Å²) in [5.41, 5.74) is -0.519. The first-order chi connectivity index (χ1) is 22.1. The molecule has 14 heteroatoms. The number of aromatic nitrogens is 2. The van der Waals surface area contributed by atoms with Crippen LogP contribution in [0, 0.1) is 17.5 Å². The average molecular weight is 672 g/mol. The molecule has 1 saturated heterocycles. The molecule has 47 heavy (non-hydrogen) atoms. The fraction of sp³-hybridized carbons (Fsp3) is 0.364. The van der Waals surface area contributed by atoms with E-state index in [0.29, 0.717) is 42.6 Å². The van der Waals surface area contributed by atoms with Gasteiger partial charge >= 0.3 is 16.3 Å². The van der Waals surface area contributed by atoms with Gasteiger partial charge in [-0.2, -0.15) is 12.7 Å². The monoisotopic (exact) mass is 671 g/mol. The number of anilines is 1. The number of hydrogen-bond donors (Lipinski definition) is 2. The number of nitrogens with zero attached hydrogens (tertiary/aromatic N) is 3. The van der Waals surface area contributed by atoms with E-state index in [1.54, 1.807) is 50.8 Å². The summed E-state index contributed by atoms with van der Waals surface area (Å²) in [6.45, 7) is 7.97. The summed E-state index contributed by atoms with van der Waals surface area (Å²) >= 11 is 0. The molecule has 0 atom stereocenters. The molecule has 0 radical (unpaired) electrons. The first-order valence-electron chi connectivity index (χ1n) is 15.1. The second-order valence-electron chi connectivity index (χ2n) is 12.4. The summed E-state index contributed by atoms with van der Waals surface area (Å²) in [6.07, 6.45) is 3.51. The number of fused-ring (bicyclic) bond motifs is 1. The minimum atomic E-state index is -4.15. The molecule has 2 aromatic carbocycles. The normalized spacial score (nSPS) is 14.5. The van der Waals surface area contributed by atoms with Crippen molar-refractivity contribution in [1.29, 1.82) is 0 Å². The number of aromatic amines is 1. The van der Waals surface area contributed by atoms with Gasteiger partial charge in [-0.15, -0.1) is 0 Å². The molecule has 3 heterocycles. The Bertz CT molecular complexity index is 1950. The number of piperidine rings is 1. The average Bonchev–Trinajstić information content (AvgIpc) is 3.44. The number of nitrogens with one attached hydrogen (secondary N) is 2. The molecule has 4 aromatic rings. The number of amides is 1. The number of halogens is 3. The van der Waals surface area contributed by atoms with Gasteiger partial charge in [-0.25, -0.2) is 22.9 Å². The number of pyridine rings is 1. The van der Waals surface area contributed by atoms with Gasteiger partial charge in [0.2, 0.25) is 5.78 Å². The van der Waals surface area contributed by atoms with Gasteiger partial charge in [0.05, 0.1) is 11.3 Å².